The summed E-state index contributed by atoms with van der Waals surface area (Å²) in [5, 5.41) is 3.56. The second-order valence-electron chi connectivity index (χ2n) is 5.95. The van der Waals surface area contributed by atoms with Gasteiger partial charge in [-0.05, 0) is 43.7 Å². The molecule has 96 valence electrons. The first-order chi connectivity index (χ1) is 7.74. The Hall–Kier alpha value is -0.0400. The van der Waals surface area contributed by atoms with Crippen molar-refractivity contribution in [2.45, 2.75) is 65.7 Å². The summed E-state index contributed by atoms with van der Waals surface area (Å²) in [5.74, 6) is 2.87. The molecule has 0 spiro atoms. The third kappa shape index (κ3) is 5.34. The Morgan fingerprint density at radius 1 is 1.12 bits per heavy atom. The van der Waals surface area contributed by atoms with E-state index in [9.17, 15) is 0 Å². The molecule has 0 radical (unpaired) electrons. The van der Waals surface area contributed by atoms with Gasteiger partial charge in [0.2, 0.25) is 0 Å². The van der Waals surface area contributed by atoms with Crippen LogP contribution in [0.2, 0.25) is 0 Å². The standard InChI is InChI=1S/C15H31N/c1-4-14-8-5-6-9-15(14)10-7-11-16-12-13(2)3/h13-16H,4-12H2,1-3H3. The molecule has 0 aliphatic heterocycles. The van der Waals surface area contributed by atoms with Crippen molar-refractivity contribution >= 4 is 0 Å². The highest BCUT2D eigenvalue weighted by atomic mass is 14.8. The predicted molar refractivity (Wildman–Crippen MR) is 72.7 cm³/mol. The van der Waals surface area contributed by atoms with Crippen LogP contribution in [0, 0.1) is 17.8 Å². The van der Waals surface area contributed by atoms with Crippen molar-refractivity contribution in [3.63, 3.8) is 0 Å². The zero-order chi connectivity index (χ0) is 11.8. The Morgan fingerprint density at radius 3 is 2.44 bits per heavy atom. The molecule has 0 heterocycles. The van der Waals surface area contributed by atoms with Crippen LogP contribution in [0.3, 0.4) is 0 Å². The van der Waals surface area contributed by atoms with Crippen LogP contribution in [0.15, 0.2) is 0 Å². The number of rotatable bonds is 7. The first-order valence-electron chi connectivity index (χ1n) is 7.44. The van der Waals surface area contributed by atoms with Crippen molar-refractivity contribution < 1.29 is 0 Å². The summed E-state index contributed by atoms with van der Waals surface area (Å²) in [6.45, 7) is 9.34. The molecule has 0 bridgehead atoms. The molecule has 2 unspecified atom stereocenters. The molecule has 1 rings (SSSR count). The van der Waals surface area contributed by atoms with E-state index in [-0.39, 0.29) is 0 Å². The molecule has 1 fully saturated rings. The van der Waals surface area contributed by atoms with E-state index < -0.39 is 0 Å². The Morgan fingerprint density at radius 2 is 1.81 bits per heavy atom. The molecule has 0 amide bonds. The summed E-state index contributed by atoms with van der Waals surface area (Å²) in [5.41, 5.74) is 0. The smallest absolute Gasteiger partial charge is 0.00258 e. The highest BCUT2D eigenvalue weighted by Gasteiger charge is 2.22. The normalized spacial score (nSPS) is 26.2. The molecule has 0 aromatic rings. The lowest BCUT2D eigenvalue weighted by Gasteiger charge is -2.30. The summed E-state index contributed by atoms with van der Waals surface area (Å²) in [7, 11) is 0. The molecule has 1 aliphatic rings. The average Bonchev–Trinajstić information content (AvgIpc) is 2.29. The molecule has 16 heavy (non-hydrogen) atoms. The van der Waals surface area contributed by atoms with Crippen LogP contribution in [0.1, 0.15) is 65.7 Å². The van der Waals surface area contributed by atoms with Crippen molar-refractivity contribution in [1.29, 1.82) is 0 Å². The lowest BCUT2D eigenvalue weighted by atomic mass is 9.76. The van der Waals surface area contributed by atoms with Gasteiger partial charge in [-0.25, -0.2) is 0 Å². The van der Waals surface area contributed by atoms with Gasteiger partial charge in [-0.1, -0.05) is 52.9 Å². The summed E-state index contributed by atoms with van der Waals surface area (Å²) in [6.07, 6.45) is 10.2. The largest absolute Gasteiger partial charge is 0.316 e. The molecule has 0 aromatic heterocycles. The van der Waals surface area contributed by atoms with E-state index in [0.717, 1.165) is 17.8 Å². The van der Waals surface area contributed by atoms with E-state index in [0.29, 0.717) is 0 Å². The molecule has 1 saturated carbocycles. The Labute approximate surface area is 102 Å². The topological polar surface area (TPSA) is 12.0 Å². The Bertz CT molecular complexity index is 165. The van der Waals surface area contributed by atoms with Gasteiger partial charge in [-0.15, -0.1) is 0 Å². The summed E-state index contributed by atoms with van der Waals surface area (Å²) >= 11 is 0. The second kappa shape index (κ2) is 8.11. The minimum absolute atomic E-state index is 0.790. The molecule has 1 N–H and O–H groups in total. The van der Waals surface area contributed by atoms with Crippen LogP contribution in [0.25, 0.3) is 0 Å². The first kappa shape index (κ1) is 14.0. The monoisotopic (exact) mass is 225 g/mol. The molecule has 0 aromatic carbocycles. The summed E-state index contributed by atoms with van der Waals surface area (Å²) < 4.78 is 0. The van der Waals surface area contributed by atoms with Gasteiger partial charge in [-0.2, -0.15) is 0 Å². The highest BCUT2D eigenvalue weighted by molar-refractivity contribution is 4.74. The molecule has 1 nitrogen and oxygen atoms in total. The van der Waals surface area contributed by atoms with E-state index in [1.165, 1.54) is 58.0 Å². The molecular formula is C15H31N. The predicted octanol–water partition coefficient (Wildman–Crippen LogP) is 4.23. The fourth-order valence-corrected chi connectivity index (χ4v) is 3.08. The van der Waals surface area contributed by atoms with E-state index in [1.807, 2.05) is 0 Å². The Balaban J connectivity index is 2.06. The molecule has 1 aliphatic carbocycles. The lowest BCUT2D eigenvalue weighted by Crippen LogP contribution is -2.23. The minimum Gasteiger partial charge on any atom is -0.316 e. The SMILES string of the molecule is CCC1CCCCC1CCCNCC(C)C. The minimum atomic E-state index is 0.790. The van der Waals surface area contributed by atoms with Crippen LogP contribution in [-0.4, -0.2) is 13.1 Å². The lowest BCUT2D eigenvalue weighted by molar-refractivity contribution is 0.214. The van der Waals surface area contributed by atoms with Gasteiger partial charge in [0.05, 0.1) is 0 Å². The van der Waals surface area contributed by atoms with Gasteiger partial charge in [0.15, 0.2) is 0 Å². The van der Waals surface area contributed by atoms with Crippen LogP contribution < -0.4 is 5.32 Å². The summed E-state index contributed by atoms with van der Waals surface area (Å²) in [6, 6.07) is 0. The number of hydrogen-bond acceptors (Lipinski definition) is 1. The maximum atomic E-state index is 3.56. The van der Waals surface area contributed by atoms with Gasteiger partial charge in [0.25, 0.3) is 0 Å². The maximum absolute atomic E-state index is 3.56. The van der Waals surface area contributed by atoms with Crippen molar-refractivity contribution in [2.24, 2.45) is 17.8 Å². The van der Waals surface area contributed by atoms with Gasteiger partial charge in [0, 0.05) is 0 Å². The van der Waals surface area contributed by atoms with Gasteiger partial charge in [0.1, 0.15) is 0 Å². The molecular weight excluding hydrogens is 194 g/mol. The van der Waals surface area contributed by atoms with Crippen molar-refractivity contribution in [3.8, 4) is 0 Å². The van der Waals surface area contributed by atoms with Gasteiger partial charge < -0.3 is 5.32 Å². The fourth-order valence-electron chi connectivity index (χ4n) is 3.08. The molecule has 2 atom stereocenters. The summed E-state index contributed by atoms with van der Waals surface area (Å²) in [4.78, 5) is 0. The van der Waals surface area contributed by atoms with Crippen molar-refractivity contribution in [2.75, 3.05) is 13.1 Å². The third-order valence-electron chi connectivity index (χ3n) is 4.07. The van der Waals surface area contributed by atoms with Crippen LogP contribution in [0.4, 0.5) is 0 Å². The second-order valence-corrected chi connectivity index (χ2v) is 5.95. The third-order valence-corrected chi connectivity index (χ3v) is 4.07. The van der Waals surface area contributed by atoms with Gasteiger partial charge >= 0.3 is 0 Å². The fraction of sp³-hybridized carbons (Fsp3) is 1.00. The van der Waals surface area contributed by atoms with E-state index in [2.05, 4.69) is 26.1 Å². The number of nitrogens with one attached hydrogen (secondary N) is 1. The van der Waals surface area contributed by atoms with Crippen LogP contribution in [-0.2, 0) is 0 Å². The average molecular weight is 225 g/mol. The van der Waals surface area contributed by atoms with Gasteiger partial charge in [-0.3, -0.25) is 0 Å². The van der Waals surface area contributed by atoms with Crippen LogP contribution >= 0.6 is 0 Å². The zero-order valence-electron chi connectivity index (χ0n) is 11.6. The number of hydrogen-bond donors (Lipinski definition) is 1. The highest BCUT2D eigenvalue weighted by Crippen LogP contribution is 2.34. The molecule has 1 heteroatoms. The van der Waals surface area contributed by atoms with E-state index in [1.54, 1.807) is 0 Å². The maximum Gasteiger partial charge on any atom is -0.00258 e. The first-order valence-corrected chi connectivity index (χ1v) is 7.44. The van der Waals surface area contributed by atoms with Crippen molar-refractivity contribution in [3.05, 3.63) is 0 Å². The quantitative estimate of drug-likeness (QED) is 0.639. The molecule has 0 saturated heterocycles. The Kier molecular flexibility index (Phi) is 7.11. The van der Waals surface area contributed by atoms with E-state index in [4.69, 9.17) is 0 Å². The zero-order valence-corrected chi connectivity index (χ0v) is 11.6. The van der Waals surface area contributed by atoms with Crippen molar-refractivity contribution in [1.82, 2.24) is 5.32 Å². The van der Waals surface area contributed by atoms with Crippen LogP contribution in [0.5, 0.6) is 0 Å². The van der Waals surface area contributed by atoms with E-state index >= 15 is 0 Å².